The van der Waals surface area contributed by atoms with E-state index in [9.17, 15) is 4.79 Å². The Morgan fingerprint density at radius 1 is 1.40 bits per heavy atom. The van der Waals surface area contributed by atoms with Crippen molar-refractivity contribution in [2.24, 2.45) is 17.3 Å². The first-order valence-corrected chi connectivity index (χ1v) is 7.01. The van der Waals surface area contributed by atoms with Gasteiger partial charge in [0.25, 0.3) is 0 Å². The van der Waals surface area contributed by atoms with Crippen LogP contribution in [0.3, 0.4) is 0 Å². The summed E-state index contributed by atoms with van der Waals surface area (Å²) in [4.78, 5) is 14.2. The average Bonchev–Trinajstić information content (AvgIpc) is 2.87. The summed E-state index contributed by atoms with van der Waals surface area (Å²) in [5.74, 6) is 1.51. The molecule has 1 saturated heterocycles. The zero-order valence-corrected chi connectivity index (χ0v) is 11.2. The first-order valence-electron chi connectivity index (χ1n) is 5.89. The van der Waals surface area contributed by atoms with E-state index in [1.807, 2.05) is 0 Å². The van der Waals surface area contributed by atoms with E-state index < -0.39 is 0 Å². The van der Waals surface area contributed by atoms with Crippen LogP contribution >= 0.6 is 15.9 Å². The second-order valence-corrected chi connectivity index (χ2v) is 6.32. The highest BCUT2D eigenvalue weighted by Gasteiger charge is 2.52. The van der Waals surface area contributed by atoms with Crippen molar-refractivity contribution >= 4 is 21.8 Å². The quantitative estimate of drug-likeness (QED) is 0.709. The molecule has 2 fully saturated rings. The Balaban J connectivity index is 1.84. The predicted molar refractivity (Wildman–Crippen MR) is 65.0 cm³/mol. The standard InChI is InChI=1S/C12H20BrNO/c1-12(2)7-10(12)11(15)14-5-3-9(8-13)4-6-14/h9-10H,3-8H2,1-2H3. The molecule has 0 N–H and O–H groups in total. The normalized spacial score (nSPS) is 30.3. The minimum atomic E-state index is 0.281. The second kappa shape index (κ2) is 4.08. The molecule has 1 atom stereocenters. The molecule has 2 aliphatic rings. The Bertz CT molecular complexity index is 256. The molecule has 1 aliphatic carbocycles. The van der Waals surface area contributed by atoms with Crippen LogP contribution in [0.2, 0.25) is 0 Å². The number of alkyl halides is 1. The number of nitrogens with zero attached hydrogens (tertiary/aromatic N) is 1. The number of piperidine rings is 1. The molecule has 1 aliphatic heterocycles. The Hall–Kier alpha value is -0.0500. The van der Waals surface area contributed by atoms with E-state index in [1.165, 1.54) is 12.8 Å². The van der Waals surface area contributed by atoms with Crippen molar-refractivity contribution in [3.05, 3.63) is 0 Å². The predicted octanol–water partition coefficient (Wildman–Crippen LogP) is 2.67. The molecule has 0 spiro atoms. The number of rotatable bonds is 2. The van der Waals surface area contributed by atoms with Crippen molar-refractivity contribution in [2.45, 2.75) is 33.1 Å². The maximum atomic E-state index is 12.1. The van der Waals surface area contributed by atoms with Crippen molar-refractivity contribution in [3.8, 4) is 0 Å². The molecule has 2 rings (SSSR count). The van der Waals surface area contributed by atoms with Gasteiger partial charge in [-0.25, -0.2) is 0 Å². The van der Waals surface area contributed by atoms with E-state index in [0.29, 0.717) is 11.8 Å². The van der Waals surface area contributed by atoms with Gasteiger partial charge in [-0.2, -0.15) is 0 Å². The van der Waals surface area contributed by atoms with Gasteiger partial charge in [-0.1, -0.05) is 29.8 Å². The van der Waals surface area contributed by atoms with Crippen LogP contribution in [0.1, 0.15) is 33.1 Å². The maximum Gasteiger partial charge on any atom is 0.226 e. The third-order valence-electron chi connectivity index (χ3n) is 3.96. The lowest BCUT2D eigenvalue weighted by Gasteiger charge is -2.31. The largest absolute Gasteiger partial charge is 0.342 e. The Morgan fingerprint density at radius 3 is 2.33 bits per heavy atom. The van der Waals surface area contributed by atoms with Crippen LogP contribution < -0.4 is 0 Å². The van der Waals surface area contributed by atoms with E-state index in [1.54, 1.807) is 0 Å². The van der Waals surface area contributed by atoms with Crippen molar-refractivity contribution < 1.29 is 4.79 Å². The van der Waals surface area contributed by atoms with Gasteiger partial charge in [0, 0.05) is 24.3 Å². The highest BCUT2D eigenvalue weighted by atomic mass is 79.9. The summed E-state index contributed by atoms with van der Waals surface area (Å²) in [6.07, 6.45) is 3.43. The van der Waals surface area contributed by atoms with Crippen LogP contribution in [0.15, 0.2) is 0 Å². The van der Waals surface area contributed by atoms with Gasteiger partial charge in [0.15, 0.2) is 0 Å². The summed E-state index contributed by atoms with van der Waals surface area (Å²) in [5, 5.41) is 1.09. The van der Waals surface area contributed by atoms with Gasteiger partial charge in [-0.15, -0.1) is 0 Å². The molecular weight excluding hydrogens is 254 g/mol. The lowest BCUT2D eigenvalue weighted by molar-refractivity contribution is -0.134. The maximum absolute atomic E-state index is 12.1. The van der Waals surface area contributed by atoms with E-state index >= 15 is 0 Å². The summed E-state index contributed by atoms with van der Waals surface area (Å²) in [6.45, 7) is 6.34. The molecule has 15 heavy (non-hydrogen) atoms. The molecule has 86 valence electrons. The van der Waals surface area contributed by atoms with Gasteiger partial charge < -0.3 is 4.90 Å². The summed E-state index contributed by atoms with van der Waals surface area (Å²) in [6, 6.07) is 0. The molecular formula is C12H20BrNO. The highest BCUT2D eigenvalue weighted by Crippen LogP contribution is 2.52. The number of hydrogen-bond donors (Lipinski definition) is 0. The monoisotopic (exact) mass is 273 g/mol. The van der Waals surface area contributed by atoms with Gasteiger partial charge in [-0.05, 0) is 30.6 Å². The zero-order valence-electron chi connectivity index (χ0n) is 9.63. The first kappa shape index (κ1) is 11.4. The smallest absolute Gasteiger partial charge is 0.226 e. The highest BCUT2D eigenvalue weighted by molar-refractivity contribution is 9.09. The fraction of sp³-hybridized carbons (Fsp3) is 0.917. The summed E-state index contributed by atoms with van der Waals surface area (Å²) in [5.41, 5.74) is 0.281. The van der Waals surface area contributed by atoms with Crippen LogP contribution in [-0.4, -0.2) is 29.2 Å². The van der Waals surface area contributed by atoms with Gasteiger partial charge in [0.2, 0.25) is 5.91 Å². The van der Waals surface area contributed by atoms with Crippen LogP contribution in [0.4, 0.5) is 0 Å². The van der Waals surface area contributed by atoms with E-state index in [2.05, 4.69) is 34.7 Å². The minimum absolute atomic E-state index is 0.281. The van der Waals surface area contributed by atoms with Gasteiger partial charge in [0.05, 0.1) is 0 Å². The third-order valence-corrected chi connectivity index (χ3v) is 4.87. The van der Waals surface area contributed by atoms with Gasteiger partial charge in [-0.3, -0.25) is 4.79 Å². The topological polar surface area (TPSA) is 20.3 Å². The first-order chi connectivity index (χ1) is 7.04. The lowest BCUT2D eigenvalue weighted by Crippen LogP contribution is -2.40. The lowest BCUT2D eigenvalue weighted by atomic mass is 9.98. The molecule has 0 radical (unpaired) electrons. The third kappa shape index (κ3) is 2.38. The molecule has 0 aromatic heterocycles. The summed E-state index contributed by atoms with van der Waals surface area (Å²) in [7, 11) is 0. The van der Waals surface area contributed by atoms with Crippen LogP contribution in [-0.2, 0) is 4.79 Å². The second-order valence-electron chi connectivity index (χ2n) is 5.67. The summed E-state index contributed by atoms with van der Waals surface area (Å²) < 4.78 is 0. The van der Waals surface area contributed by atoms with E-state index in [0.717, 1.165) is 30.8 Å². The van der Waals surface area contributed by atoms with Gasteiger partial charge in [0.1, 0.15) is 0 Å². The minimum Gasteiger partial charge on any atom is -0.342 e. The van der Waals surface area contributed by atoms with E-state index in [4.69, 9.17) is 0 Å². The number of halogens is 1. The van der Waals surface area contributed by atoms with Crippen molar-refractivity contribution in [1.29, 1.82) is 0 Å². The van der Waals surface area contributed by atoms with Crippen molar-refractivity contribution in [2.75, 3.05) is 18.4 Å². The molecule has 1 saturated carbocycles. The van der Waals surface area contributed by atoms with E-state index in [-0.39, 0.29) is 5.41 Å². The van der Waals surface area contributed by atoms with Crippen molar-refractivity contribution in [3.63, 3.8) is 0 Å². The van der Waals surface area contributed by atoms with Crippen LogP contribution in [0, 0.1) is 17.3 Å². The number of carbonyl (C=O) groups excluding carboxylic acids is 1. The molecule has 0 aromatic rings. The Morgan fingerprint density at radius 2 is 1.93 bits per heavy atom. The molecule has 2 nitrogen and oxygen atoms in total. The molecule has 1 unspecified atom stereocenters. The fourth-order valence-electron chi connectivity index (χ4n) is 2.42. The molecule has 3 heteroatoms. The molecule has 1 heterocycles. The van der Waals surface area contributed by atoms with Crippen molar-refractivity contribution in [1.82, 2.24) is 4.90 Å². The number of amides is 1. The fourth-order valence-corrected chi connectivity index (χ4v) is 3.06. The molecule has 0 aromatic carbocycles. The SMILES string of the molecule is CC1(C)CC1C(=O)N1CCC(CBr)CC1. The Labute approximate surface area is 101 Å². The number of carbonyl (C=O) groups is 1. The Kier molecular flexibility index (Phi) is 3.11. The number of likely N-dealkylation sites (tertiary alicyclic amines) is 1. The molecule has 1 amide bonds. The number of hydrogen-bond acceptors (Lipinski definition) is 1. The zero-order chi connectivity index (χ0) is 11.1. The van der Waals surface area contributed by atoms with Crippen LogP contribution in [0.5, 0.6) is 0 Å². The van der Waals surface area contributed by atoms with Gasteiger partial charge >= 0.3 is 0 Å². The average molecular weight is 274 g/mol. The molecule has 0 bridgehead atoms. The van der Waals surface area contributed by atoms with Crippen LogP contribution in [0.25, 0.3) is 0 Å². The summed E-state index contributed by atoms with van der Waals surface area (Å²) >= 11 is 3.52.